The number of hydrogen-bond donors (Lipinski definition) is 1. The van der Waals surface area contributed by atoms with E-state index in [0.717, 1.165) is 6.54 Å². The lowest BCUT2D eigenvalue weighted by Crippen LogP contribution is -2.27. The molecule has 17 heavy (non-hydrogen) atoms. The highest BCUT2D eigenvalue weighted by Crippen LogP contribution is 2.22. The van der Waals surface area contributed by atoms with E-state index < -0.39 is 0 Å². The van der Waals surface area contributed by atoms with Gasteiger partial charge in [-0.05, 0) is 26.0 Å². The smallest absolute Gasteiger partial charge is 0.131 e. The zero-order valence-corrected chi connectivity index (χ0v) is 10.6. The molecule has 0 aliphatic heterocycles. The second kappa shape index (κ2) is 7.20. The van der Waals surface area contributed by atoms with E-state index in [1.807, 2.05) is 25.2 Å². The predicted molar refractivity (Wildman–Crippen MR) is 68.8 cm³/mol. The zero-order valence-electron chi connectivity index (χ0n) is 10.6. The van der Waals surface area contributed by atoms with Crippen molar-refractivity contribution in [3.8, 4) is 0 Å². The molecule has 1 unspecified atom stereocenters. The minimum atomic E-state index is 0.157. The van der Waals surface area contributed by atoms with Crippen LogP contribution in [-0.2, 0) is 4.79 Å². The fourth-order valence-corrected chi connectivity index (χ4v) is 1.93. The number of Topliss-reactive ketones (excluding diaryl/α,β-unsaturated/α-hetero) is 1. The third-order valence-corrected chi connectivity index (χ3v) is 2.94. The van der Waals surface area contributed by atoms with Crippen molar-refractivity contribution in [1.29, 1.82) is 0 Å². The molecule has 1 aromatic carbocycles. The average molecular weight is 235 g/mol. The highest BCUT2D eigenvalue weighted by atomic mass is 16.3. The molecule has 0 aliphatic rings. The molecule has 1 rings (SSSR count). The van der Waals surface area contributed by atoms with E-state index in [4.69, 9.17) is 5.11 Å². The molecule has 0 spiro atoms. The van der Waals surface area contributed by atoms with Crippen LogP contribution in [0.5, 0.6) is 0 Å². The molecule has 0 aliphatic carbocycles. The van der Waals surface area contributed by atoms with E-state index in [1.54, 1.807) is 6.92 Å². The zero-order chi connectivity index (χ0) is 12.7. The van der Waals surface area contributed by atoms with Crippen molar-refractivity contribution in [2.75, 3.05) is 20.2 Å². The molecular formula is C14H21NO2. The van der Waals surface area contributed by atoms with E-state index in [-0.39, 0.29) is 18.4 Å². The Hall–Kier alpha value is -1.19. The van der Waals surface area contributed by atoms with Gasteiger partial charge < -0.3 is 5.11 Å². The molecule has 1 atom stereocenters. The molecule has 0 bridgehead atoms. The van der Waals surface area contributed by atoms with Gasteiger partial charge in [0.1, 0.15) is 5.78 Å². The maximum Gasteiger partial charge on any atom is 0.131 e. The molecule has 3 heteroatoms. The van der Waals surface area contributed by atoms with Gasteiger partial charge >= 0.3 is 0 Å². The molecule has 0 amide bonds. The van der Waals surface area contributed by atoms with Crippen molar-refractivity contribution < 1.29 is 9.90 Å². The van der Waals surface area contributed by atoms with Gasteiger partial charge in [-0.3, -0.25) is 9.69 Å². The van der Waals surface area contributed by atoms with Gasteiger partial charge in [0.25, 0.3) is 0 Å². The second-order valence-electron chi connectivity index (χ2n) is 4.37. The van der Waals surface area contributed by atoms with Gasteiger partial charge in [0.2, 0.25) is 0 Å². The van der Waals surface area contributed by atoms with E-state index in [2.05, 4.69) is 17.0 Å². The van der Waals surface area contributed by atoms with Crippen LogP contribution in [0.2, 0.25) is 0 Å². The molecular weight excluding hydrogens is 214 g/mol. The average Bonchev–Trinajstić information content (AvgIpc) is 2.34. The Morgan fingerprint density at radius 3 is 2.53 bits per heavy atom. The van der Waals surface area contributed by atoms with Crippen LogP contribution in [0.1, 0.15) is 31.4 Å². The van der Waals surface area contributed by atoms with Crippen LogP contribution in [0.4, 0.5) is 0 Å². The van der Waals surface area contributed by atoms with Crippen LogP contribution in [0.15, 0.2) is 30.3 Å². The van der Waals surface area contributed by atoms with E-state index in [1.165, 1.54) is 5.56 Å². The van der Waals surface area contributed by atoms with Crippen molar-refractivity contribution in [2.45, 2.75) is 25.8 Å². The third kappa shape index (κ3) is 4.67. The van der Waals surface area contributed by atoms with Gasteiger partial charge in [0.15, 0.2) is 0 Å². The fraction of sp³-hybridized carbons (Fsp3) is 0.500. The minimum Gasteiger partial charge on any atom is -0.396 e. The van der Waals surface area contributed by atoms with Gasteiger partial charge in [-0.1, -0.05) is 30.3 Å². The number of carbonyl (C=O) groups is 1. The molecule has 0 radical (unpaired) electrons. The Morgan fingerprint density at radius 2 is 2.00 bits per heavy atom. The lowest BCUT2D eigenvalue weighted by molar-refractivity contribution is -0.117. The summed E-state index contributed by atoms with van der Waals surface area (Å²) in [6, 6.07) is 10.3. The first-order chi connectivity index (χ1) is 8.15. The highest BCUT2D eigenvalue weighted by Gasteiger charge is 2.16. The third-order valence-electron chi connectivity index (χ3n) is 2.94. The Labute approximate surface area is 103 Å². The Morgan fingerprint density at radius 1 is 1.35 bits per heavy atom. The lowest BCUT2D eigenvalue weighted by Gasteiger charge is -2.27. The highest BCUT2D eigenvalue weighted by molar-refractivity contribution is 5.75. The molecule has 0 heterocycles. The molecule has 0 saturated carbocycles. The summed E-state index contributed by atoms with van der Waals surface area (Å²) < 4.78 is 0. The summed E-state index contributed by atoms with van der Waals surface area (Å²) in [6.07, 6.45) is 1.25. The Bertz CT molecular complexity index is 337. The first-order valence-corrected chi connectivity index (χ1v) is 6.00. The normalized spacial score (nSPS) is 12.7. The van der Waals surface area contributed by atoms with E-state index >= 15 is 0 Å². The maximum absolute atomic E-state index is 11.0. The van der Waals surface area contributed by atoms with Crippen molar-refractivity contribution in [3.63, 3.8) is 0 Å². The van der Waals surface area contributed by atoms with Crippen molar-refractivity contribution in [1.82, 2.24) is 4.90 Å². The molecule has 1 N–H and O–H groups in total. The number of benzene rings is 1. The van der Waals surface area contributed by atoms with Crippen LogP contribution in [-0.4, -0.2) is 36.0 Å². The van der Waals surface area contributed by atoms with E-state index in [9.17, 15) is 4.79 Å². The van der Waals surface area contributed by atoms with Crippen LogP contribution < -0.4 is 0 Å². The summed E-state index contributed by atoms with van der Waals surface area (Å²) in [5.74, 6) is 0.202. The standard InChI is InChI=1S/C14H21NO2/c1-12(17)8-10-15(2)14(9-11-16)13-6-4-3-5-7-13/h3-7,14,16H,8-11H2,1-2H3. The summed E-state index contributed by atoms with van der Waals surface area (Å²) in [4.78, 5) is 13.1. The van der Waals surface area contributed by atoms with Crippen LogP contribution >= 0.6 is 0 Å². The Kier molecular flexibility index (Phi) is 5.87. The van der Waals surface area contributed by atoms with E-state index in [0.29, 0.717) is 12.8 Å². The number of rotatable bonds is 7. The van der Waals surface area contributed by atoms with Crippen molar-refractivity contribution in [3.05, 3.63) is 35.9 Å². The van der Waals surface area contributed by atoms with Gasteiger partial charge in [0.05, 0.1) is 0 Å². The number of carbonyl (C=O) groups excluding carboxylic acids is 1. The summed E-state index contributed by atoms with van der Waals surface area (Å²) in [7, 11) is 2.00. The van der Waals surface area contributed by atoms with Crippen LogP contribution in [0.25, 0.3) is 0 Å². The first-order valence-electron chi connectivity index (χ1n) is 6.00. The van der Waals surface area contributed by atoms with Crippen LogP contribution in [0.3, 0.4) is 0 Å². The van der Waals surface area contributed by atoms with Crippen molar-refractivity contribution >= 4 is 5.78 Å². The summed E-state index contributed by atoms with van der Waals surface area (Å²) in [5, 5.41) is 9.13. The van der Waals surface area contributed by atoms with Gasteiger partial charge in [-0.25, -0.2) is 0 Å². The summed E-state index contributed by atoms with van der Waals surface area (Å²) in [6.45, 7) is 2.50. The Balaban J connectivity index is 2.68. The fourth-order valence-electron chi connectivity index (χ4n) is 1.93. The lowest BCUT2D eigenvalue weighted by atomic mass is 10.0. The summed E-state index contributed by atoms with van der Waals surface area (Å²) >= 11 is 0. The first kappa shape index (κ1) is 13.9. The molecule has 0 aromatic heterocycles. The number of ketones is 1. The van der Waals surface area contributed by atoms with Gasteiger partial charge in [0, 0.05) is 25.6 Å². The second-order valence-corrected chi connectivity index (χ2v) is 4.37. The van der Waals surface area contributed by atoms with Crippen molar-refractivity contribution in [2.24, 2.45) is 0 Å². The predicted octanol–water partition coefficient (Wildman–Crippen LogP) is 2.02. The quantitative estimate of drug-likeness (QED) is 0.786. The molecule has 1 aromatic rings. The number of nitrogens with zero attached hydrogens (tertiary/aromatic N) is 1. The maximum atomic E-state index is 11.0. The number of hydrogen-bond acceptors (Lipinski definition) is 3. The number of aliphatic hydroxyl groups excluding tert-OH is 1. The molecule has 0 fully saturated rings. The van der Waals surface area contributed by atoms with Gasteiger partial charge in [-0.2, -0.15) is 0 Å². The monoisotopic (exact) mass is 235 g/mol. The summed E-state index contributed by atoms with van der Waals surface area (Å²) in [5.41, 5.74) is 1.19. The molecule has 0 saturated heterocycles. The SMILES string of the molecule is CC(=O)CCN(C)C(CCO)c1ccccc1. The topological polar surface area (TPSA) is 40.5 Å². The molecule has 94 valence electrons. The molecule has 3 nitrogen and oxygen atoms in total. The largest absolute Gasteiger partial charge is 0.396 e. The van der Waals surface area contributed by atoms with Crippen LogP contribution in [0, 0.1) is 0 Å². The van der Waals surface area contributed by atoms with Gasteiger partial charge in [-0.15, -0.1) is 0 Å². The number of aliphatic hydroxyl groups is 1. The minimum absolute atomic E-state index is 0.157.